The fourth-order valence-corrected chi connectivity index (χ4v) is 6.99. The molecular formula is C38H49ClN8O5. The summed E-state index contributed by atoms with van der Waals surface area (Å²) in [6.07, 6.45) is 2.32. The highest BCUT2D eigenvalue weighted by molar-refractivity contribution is 6.33. The fourth-order valence-electron chi connectivity index (χ4n) is 6.77. The standard InChI is InChI=1S/C38H49ClN8O5/c1-25(2)34-35-41-26(3)44-47(35)24-33(49)40-18-10-20-45(19-9-15-32(48)42-31(36(50)43-34)23-27-11-5-4-6-12-27)37(51)28-16-21-46(22-17-28)38(52)29-13-7-8-14-30(29)39/h4-8,11-14,25,28,31,34H,9-10,15-24H2,1-3H3,(H,40,49)(H,42,48)(H,43,50)/t31-,34+/m1/s1. The number of rotatable bonds is 5. The van der Waals surface area contributed by atoms with E-state index in [9.17, 15) is 24.0 Å². The number of aromatic nitrogens is 3. The number of piperidine rings is 1. The lowest BCUT2D eigenvalue weighted by atomic mass is 9.94. The lowest BCUT2D eigenvalue weighted by Crippen LogP contribution is -2.50. The van der Waals surface area contributed by atoms with Gasteiger partial charge in [0.25, 0.3) is 5.91 Å². The van der Waals surface area contributed by atoms with E-state index in [1.54, 1.807) is 41.0 Å². The summed E-state index contributed by atoms with van der Waals surface area (Å²) in [4.78, 5) is 75.4. The summed E-state index contributed by atoms with van der Waals surface area (Å²) >= 11 is 6.27. The smallest absolute Gasteiger partial charge is 0.255 e. The van der Waals surface area contributed by atoms with Crippen LogP contribution in [-0.2, 0) is 32.1 Å². The predicted octanol–water partition coefficient (Wildman–Crippen LogP) is 3.46. The molecule has 5 amide bonds. The zero-order valence-electron chi connectivity index (χ0n) is 30.1. The molecule has 3 heterocycles. The molecule has 0 saturated carbocycles. The van der Waals surface area contributed by atoms with Crippen LogP contribution in [0, 0.1) is 18.8 Å². The lowest BCUT2D eigenvalue weighted by Gasteiger charge is -2.34. The minimum atomic E-state index is -0.868. The van der Waals surface area contributed by atoms with Crippen LogP contribution in [0.3, 0.4) is 0 Å². The van der Waals surface area contributed by atoms with E-state index < -0.39 is 12.1 Å². The lowest BCUT2D eigenvalue weighted by molar-refractivity contribution is -0.137. The Balaban J connectivity index is 1.30. The first kappa shape index (κ1) is 38.5. The molecule has 3 aromatic rings. The Hall–Kier alpha value is -4.78. The number of nitrogens with zero attached hydrogens (tertiary/aromatic N) is 5. The maximum Gasteiger partial charge on any atom is 0.255 e. The zero-order valence-corrected chi connectivity index (χ0v) is 30.9. The molecule has 5 rings (SSSR count). The van der Waals surface area contributed by atoms with Gasteiger partial charge in [-0.1, -0.05) is 67.9 Å². The molecule has 3 N–H and O–H groups in total. The molecule has 2 aliphatic rings. The van der Waals surface area contributed by atoms with Crippen molar-refractivity contribution >= 4 is 41.1 Å². The number of benzene rings is 2. The Morgan fingerprint density at radius 3 is 2.29 bits per heavy atom. The van der Waals surface area contributed by atoms with Gasteiger partial charge in [0, 0.05) is 51.5 Å². The first-order chi connectivity index (χ1) is 25.0. The second kappa shape index (κ2) is 18.1. The summed E-state index contributed by atoms with van der Waals surface area (Å²) in [6, 6.07) is 15.0. The molecule has 2 aliphatic heterocycles. The number of amides is 5. The average Bonchev–Trinajstić information content (AvgIpc) is 3.49. The van der Waals surface area contributed by atoms with Crippen LogP contribution in [0.1, 0.15) is 79.6 Å². The summed E-state index contributed by atoms with van der Waals surface area (Å²) in [5.41, 5.74) is 1.33. The molecule has 14 heteroatoms. The van der Waals surface area contributed by atoms with E-state index in [0.29, 0.717) is 80.6 Å². The summed E-state index contributed by atoms with van der Waals surface area (Å²) in [7, 11) is 0. The van der Waals surface area contributed by atoms with Gasteiger partial charge in [-0.25, -0.2) is 9.67 Å². The number of hydrogen-bond acceptors (Lipinski definition) is 7. The molecule has 278 valence electrons. The molecule has 1 fully saturated rings. The van der Waals surface area contributed by atoms with E-state index in [2.05, 4.69) is 26.0 Å². The average molecular weight is 733 g/mol. The van der Waals surface area contributed by atoms with Crippen LogP contribution in [0.5, 0.6) is 0 Å². The number of carbonyl (C=O) groups excluding carboxylic acids is 5. The van der Waals surface area contributed by atoms with E-state index in [1.807, 2.05) is 44.2 Å². The Morgan fingerprint density at radius 1 is 0.885 bits per heavy atom. The van der Waals surface area contributed by atoms with Gasteiger partial charge in [-0.3, -0.25) is 24.0 Å². The van der Waals surface area contributed by atoms with Crippen molar-refractivity contribution < 1.29 is 24.0 Å². The van der Waals surface area contributed by atoms with Gasteiger partial charge in [-0.2, -0.15) is 5.10 Å². The van der Waals surface area contributed by atoms with Crippen LogP contribution in [0.15, 0.2) is 54.6 Å². The van der Waals surface area contributed by atoms with E-state index in [0.717, 1.165) is 5.56 Å². The van der Waals surface area contributed by atoms with Gasteiger partial charge in [0.2, 0.25) is 23.6 Å². The molecule has 1 aromatic heterocycles. The van der Waals surface area contributed by atoms with Crippen molar-refractivity contribution in [2.75, 3.05) is 32.7 Å². The van der Waals surface area contributed by atoms with Crippen molar-refractivity contribution in [1.82, 2.24) is 40.5 Å². The van der Waals surface area contributed by atoms with Gasteiger partial charge in [0.15, 0.2) is 5.82 Å². The van der Waals surface area contributed by atoms with Crippen molar-refractivity contribution in [3.63, 3.8) is 0 Å². The number of nitrogens with one attached hydrogen (secondary N) is 3. The summed E-state index contributed by atoms with van der Waals surface area (Å²) in [5.74, 6) is -0.548. The van der Waals surface area contributed by atoms with E-state index in [-0.39, 0.29) is 60.8 Å². The van der Waals surface area contributed by atoms with Crippen molar-refractivity contribution in [3.8, 4) is 0 Å². The van der Waals surface area contributed by atoms with Crippen molar-refractivity contribution in [2.24, 2.45) is 11.8 Å². The van der Waals surface area contributed by atoms with E-state index >= 15 is 0 Å². The first-order valence-electron chi connectivity index (χ1n) is 18.1. The number of halogens is 1. The number of hydrogen-bond donors (Lipinski definition) is 3. The molecule has 0 bridgehead atoms. The molecule has 13 nitrogen and oxygen atoms in total. The van der Waals surface area contributed by atoms with Crippen LogP contribution in [0.25, 0.3) is 0 Å². The second-order valence-electron chi connectivity index (χ2n) is 13.9. The summed E-state index contributed by atoms with van der Waals surface area (Å²) in [5, 5.41) is 13.8. The zero-order chi connectivity index (χ0) is 37.2. The van der Waals surface area contributed by atoms with Crippen LogP contribution in [0.4, 0.5) is 0 Å². The minimum absolute atomic E-state index is 0.0326. The predicted molar refractivity (Wildman–Crippen MR) is 196 cm³/mol. The summed E-state index contributed by atoms with van der Waals surface area (Å²) < 4.78 is 1.52. The molecule has 0 spiro atoms. The van der Waals surface area contributed by atoms with Gasteiger partial charge in [0.05, 0.1) is 16.6 Å². The highest BCUT2D eigenvalue weighted by Gasteiger charge is 2.32. The maximum atomic E-state index is 13.9. The quantitative estimate of drug-likeness (QED) is 0.363. The van der Waals surface area contributed by atoms with Crippen LogP contribution >= 0.6 is 11.6 Å². The molecular weight excluding hydrogens is 684 g/mol. The molecule has 0 unspecified atom stereocenters. The highest BCUT2D eigenvalue weighted by Crippen LogP contribution is 2.25. The SMILES string of the molecule is Cc1nc2n(n1)CC(=O)NCCCN(C(=O)C1CCN(C(=O)c3ccccc3Cl)CC1)CCCC(=O)N[C@H](Cc1ccccc1)C(=O)N[C@H]2C(C)C. The fraction of sp³-hybridized carbons (Fsp3) is 0.500. The second-order valence-corrected chi connectivity index (χ2v) is 14.3. The highest BCUT2D eigenvalue weighted by atomic mass is 35.5. The Kier molecular flexibility index (Phi) is 13.4. The number of carbonyl (C=O) groups is 5. The van der Waals surface area contributed by atoms with Crippen molar-refractivity contribution in [2.45, 2.75) is 77.9 Å². The van der Waals surface area contributed by atoms with Crippen molar-refractivity contribution in [3.05, 3.63) is 82.4 Å². The van der Waals surface area contributed by atoms with Gasteiger partial charge in [-0.05, 0) is 56.2 Å². The molecule has 2 aromatic carbocycles. The van der Waals surface area contributed by atoms with E-state index in [4.69, 9.17) is 11.6 Å². The molecule has 52 heavy (non-hydrogen) atoms. The van der Waals surface area contributed by atoms with Gasteiger partial charge in [-0.15, -0.1) is 0 Å². The minimum Gasteiger partial charge on any atom is -0.354 e. The Bertz CT molecular complexity index is 1720. The third-order valence-corrected chi connectivity index (χ3v) is 9.91. The molecule has 0 radical (unpaired) electrons. The molecule has 2 atom stereocenters. The third kappa shape index (κ3) is 10.2. The first-order valence-corrected chi connectivity index (χ1v) is 18.5. The van der Waals surface area contributed by atoms with Gasteiger partial charge in [0.1, 0.15) is 18.4 Å². The maximum absolute atomic E-state index is 13.9. The van der Waals surface area contributed by atoms with Gasteiger partial charge >= 0.3 is 0 Å². The molecule has 1 saturated heterocycles. The monoisotopic (exact) mass is 732 g/mol. The Labute approximate surface area is 309 Å². The third-order valence-electron chi connectivity index (χ3n) is 9.58. The van der Waals surface area contributed by atoms with E-state index in [1.165, 1.54) is 4.68 Å². The van der Waals surface area contributed by atoms with Crippen LogP contribution < -0.4 is 16.0 Å². The normalized spacial score (nSPS) is 20.3. The number of aryl methyl sites for hydroxylation is 1. The number of likely N-dealkylation sites (tertiary alicyclic amines) is 1. The van der Waals surface area contributed by atoms with Crippen molar-refractivity contribution in [1.29, 1.82) is 0 Å². The summed E-state index contributed by atoms with van der Waals surface area (Å²) in [6.45, 7) is 7.47. The number of fused-ring (bicyclic) bond motifs is 1. The van der Waals surface area contributed by atoms with Crippen LogP contribution in [-0.4, -0.2) is 92.9 Å². The largest absolute Gasteiger partial charge is 0.354 e. The Morgan fingerprint density at radius 2 is 1.58 bits per heavy atom. The molecule has 0 aliphatic carbocycles. The topological polar surface area (TPSA) is 159 Å². The van der Waals surface area contributed by atoms with Gasteiger partial charge < -0.3 is 25.8 Å². The van der Waals surface area contributed by atoms with Crippen LogP contribution in [0.2, 0.25) is 5.02 Å².